The minimum Gasteiger partial charge on any atom is -0.379 e. The molecule has 0 spiro atoms. The lowest BCUT2D eigenvalue weighted by molar-refractivity contribution is -0.00429. The van der Waals surface area contributed by atoms with Crippen molar-refractivity contribution in [3.8, 4) is 0 Å². The van der Waals surface area contributed by atoms with Crippen LogP contribution in [0.5, 0.6) is 0 Å². The van der Waals surface area contributed by atoms with E-state index in [4.69, 9.17) is 17.0 Å². The highest BCUT2D eigenvalue weighted by atomic mass is 32.1. The Labute approximate surface area is 119 Å². The number of hydrogen-bond acceptors (Lipinski definition) is 4. The van der Waals surface area contributed by atoms with Crippen molar-refractivity contribution in [3.05, 3.63) is 35.4 Å². The van der Waals surface area contributed by atoms with Gasteiger partial charge in [-0.15, -0.1) is 0 Å². The number of carbonyl (C=O) groups excluding carboxylic acids is 1. The maximum atomic E-state index is 12.6. The van der Waals surface area contributed by atoms with Crippen LogP contribution in [0.1, 0.15) is 29.8 Å². The van der Waals surface area contributed by atoms with Gasteiger partial charge in [0.15, 0.2) is 5.78 Å². The third kappa shape index (κ3) is 3.08. The molecule has 0 amide bonds. The summed E-state index contributed by atoms with van der Waals surface area (Å²) in [5.41, 5.74) is 1.19. The Balaban J connectivity index is 2.18. The zero-order valence-electron chi connectivity index (χ0n) is 11.4. The third-order valence-electron chi connectivity index (χ3n) is 3.67. The van der Waals surface area contributed by atoms with Gasteiger partial charge in [-0.3, -0.25) is 9.69 Å². The number of nitrogens with zero attached hydrogens (tertiary/aromatic N) is 1. The van der Waals surface area contributed by atoms with Crippen LogP contribution in [-0.2, 0) is 4.74 Å². The summed E-state index contributed by atoms with van der Waals surface area (Å²) < 4.78 is 5.34. The highest BCUT2D eigenvalue weighted by Gasteiger charge is 2.35. The molecule has 19 heavy (non-hydrogen) atoms. The molecule has 0 aromatic heterocycles. The van der Waals surface area contributed by atoms with Gasteiger partial charge in [0.05, 0.1) is 18.8 Å². The number of ketones is 1. The molecule has 0 atom stereocenters. The van der Waals surface area contributed by atoms with E-state index in [0.29, 0.717) is 13.2 Å². The fraction of sp³-hybridized carbons (Fsp3) is 0.467. The summed E-state index contributed by atoms with van der Waals surface area (Å²) >= 11 is 4.87. The monoisotopic (exact) mass is 277 g/mol. The minimum absolute atomic E-state index is 0.144. The summed E-state index contributed by atoms with van der Waals surface area (Å²) in [6.07, 6.45) is 0. The first-order valence-electron chi connectivity index (χ1n) is 6.48. The van der Waals surface area contributed by atoms with E-state index in [0.717, 1.165) is 24.2 Å². The van der Waals surface area contributed by atoms with E-state index in [-0.39, 0.29) is 5.78 Å². The number of hydrogen-bond donors (Lipinski definition) is 0. The highest BCUT2D eigenvalue weighted by Crippen LogP contribution is 2.22. The van der Waals surface area contributed by atoms with E-state index in [9.17, 15) is 4.79 Å². The quantitative estimate of drug-likeness (QED) is 0.624. The summed E-state index contributed by atoms with van der Waals surface area (Å²) in [5.74, 6) is 0.144. The first-order valence-corrected chi connectivity index (χ1v) is 6.95. The molecule has 0 unspecified atom stereocenters. The maximum Gasteiger partial charge on any atom is 0.182 e. The lowest BCUT2D eigenvalue weighted by atomic mass is 9.90. The van der Waals surface area contributed by atoms with Crippen molar-refractivity contribution in [1.29, 1.82) is 0 Å². The van der Waals surface area contributed by atoms with Gasteiger partial charge in [0, 0.05) is 24.0 Å². The van der Waals surface area contributed by atoms with Crippen molar-refractivity contribution in [1.82, 2.24) is 4.90 Å². The van der Waals surface area contributed by atoms with Crippen LogP contribution >= 0.6 is 12.2 Å². The van der Waals surface area contributed by atoms with Crippen LogP contribution in [0, 0.1) is 0 Å². The van der Waals surface area contributed by atoms with Gasteiger partial charge >= 0.3 is 0 Å². The predicted molar refractivity (Wildman–Crippen MR) is 80.0 cm³/mol. The van der Waals surface area contributed by atoms with Gasteiger partial charge in [-0.2, -0.15) is 0 Å². The highest BCUT2D eigenvalue weighted by molar-refractivity contribution is 7.79. The maximum absolute atomic E-state index is 12.6. The molecule has 1 fully saturated rings. The smallest absolute Gasteiger partial charge is 0.182 e. The van der Waals surface area contributed by atoms with Crippen LogP contribution in [0.15, 0.2) is 24.3 Å². The molecular weight excluding hydrogens is 258 g/mol. The van der Waals surface area contributed by atoms with Gasteiger partial charge in [-0.05, 0) is 19.4 Å². The zero-order chi connectivity index (χ0) is 13.9. The number of carbonyl (C=O) groups is 1. The van der Waals surface area contributed by atoms with Crippen molar-refractivity contribution >= 4 is 23.4 Å². The molecule has 1 saturated heterocycles. The van der Waals surface area contributed by atoms with Gasteiger partial charge in [0.1, 0.15) is 0 Å². The second-order valence-electron chi connectivity index (χ2n) is 5.23. The first-order chi connectivity index (χ1) is 9.05. The van der Waals surface area contributed by atoms with Gasteiger partial charge in [0.25, 0.3) is 0 Å². The standard InChI is InChI=1S/C15H19NO2S/c1-15(2,16-7-9-18-10-8-16)14(17)13-5-3-12(11-19)4-6-13/h3-6,11H,7-10H2,1-2H3. The fourth-order valence-corrected chi connectivity index (χ4v) is 2.49. The lowest BCUT2D eigenvalue weighted by Gasteiger charge is -2.39. The minimum atomic E-state index is -0.497. The molecule has 0 aliphatic carbocycles. The van der Waals surface area contributed by atoms with Crippen molar-refractivity contribution < 1.29 is 9.53 Å². The van der Waals surface area contributed by atoms with Crippen LogP contribution < -0.4 is 0 Å². The molecule has 2 rings (SSSR count). The van der Waals surface area contributed by atoms with Crippen molar-refractivity contribution in [3.63, 3.8) is 0 Å². The molecule has 4 heteroatoms. The van der Waals surface area contributed by atoms with Crippen molar-refractivity contribution in [2.24, 2.45) is 0 Å². The summed E-state index contributed by atoms with van der Waals surface area (Å²) in [5, 5.41) is 1.61. The third-order valence-corrected chi connectivity index (χ3v) is 3.94. The molecule has 102 valence electrons. The Morgan fingerprint density at radius 2 is 1.84 bits per heavy atom. The number of morpholine rings is 1. The molecule has 1 aromatic rings. The number of thiocarbonyl (C=S) groups is 1. The Hall–Kier alpha value is -1.10. The van der Waals surface area contributed by atoms with Crippen molar-refractivity contribution in [2.75, 3.05) is 26.3 Å². The average molecular weight is 277 g/mol. The summed E-state index contributed by atoms with van der Waals surface area (Å²) in [7, 11) is 0. The average Bonchev–Trinajstić information content (AvgIpc) is 2.47. The van der Waals surface area contributed by atoms with Crippen molar-refractivity contribution in [2.45, 2.75) is 19.4 Å². The van der Waals surface area contributed by atoms with E-state index in [1.54, 1.807) is 5.37 Å². The largest absolute Gasteiger partial charge is 0.379 e. The normalized spacial score (nSPS) is 17.2. The predicted octanol–water partition coefficient (Wildman–Crippen LogP) is 2.33. The Morgan fingerprint density at radius 3 is 2.37 bits per heavy atom. The summed E-state index contributed by atoms with van der Waals surface area (Å²) in [4.78, 5) is 14.8. The number of Topliss-reactive ketones (excluding diaryl/α,β-unsaturated/α-hetero) is 1. The molecule has 0 radical (unpaired) electrons. The lowest BCUT2D eigenvalue weighted by Crippen LogP contribution is -2.54. The Morgan fingerprint density at radius 1 is 1.26 bits per heavy atom. The topological polar surface area (TPSA) is 29.5 Å². The molecule has 0 saturated carbocycles. The van der Waals surface area contributed by atoms with Crippen LogP contribution in [0.4, 0.5) is 0 Å². The van der Waals surface area contributed by atoms with E-state index in [1.807, 2.05) is 38.1 Å². The molecule has 1 aliphatic rings. The zero-order valence-corrected chi connectivity index (χ0v) is 12.2. The SMILES string of the molecule is CC(C)(C(=O)c1ccc(C=S)cc1)N1CCOCC1. The van der Waals surface area contributed by atoms with Crippen LogP contribution in [0.2, 0.25) is 0 Å². The van der Waals surface area contributed by atoms with Gasteiger partial charge in [0.2, 0.25) is 0 Å². The first kappa shape index (κ1) is 14.3. The second kappa shape index (κ2) is 5.90. The van der Waals surface area contributed by atoms with Gasteiger partial charge in [-0.1, -0.05) is 36.5 Å². The number of rotatable bonds is 4. The van der Waals surface area contributed by atoms with Crippen LogP contribution in [0.3, 0.4) is 0 Å². The summed E-state index contributed by atoms with van der Waals surface area (Å²) in [6.45, 7) is 6.95. The second-order valence-corrected chi connectivity index (χ2v) is 5.46. The molecule has 0 N–H and O–H groups in total. The molecule has 3 nitrogen and oxygen atoms in total. The number of ether oxygens (including phenoxy) is 1. The molecule has 1 aliphatic heterocycles. The summed E-state index contributed by atoms with van der Waals surface area (Å²) in [6, 6.07) is 7.47. The van der Waals surface area contributed by atoms with E-state index in [1.165, 1.54) is 0 Å². The Bertz CT molecular complexity index is 462. The van der Waals surface area contributed by atoms with E-state index >= 15 is 0 Å². The van der Waals surface area contributed by atoms with Crippen LogP contribution in [-0.4, -0.2) is 47.9 Å². The van der Waals surface area contributed by atoms with E-state index < -0.39 is 5.54 Å². The molecule has 1 aromatic carbocycles. The Kier molecular flexibility index (Phi) is 4.45. The van der Waals surface area contributed by atoms with E-state index in [2.05, 4.69) is 4.90 Å². The van der Waals surface area contributed by atoms with Crippen LogP contribution in [0.25, 0.3) is 0 Å². The number of benzene rings is 1. The van der Waals surface area contributed by atoms with Gasteiger partial charge < -0.3 is 4.74 Å². The van der Waals surface area contributed by atoms with Gasteiger partial charge in [-0.25, -0.2) is 0 Å². The molecular formula is C15H19NO2S. The molecule has 0 bridgehead atoms. The molecule has 1 heterocycles. The fourth-order valence-electron chi connectivity index (χ4n) is 2.33.